The van der Waals surface area contributed by atoms with E-state index >= 15 is 0 Å². The van der Waals surface area contributed by atoms with Gasteiger partial charge < -0.3 is 14.6 Å². The molecule has 0 aliphatic rings. The molecule has 0 heterocycles. The number of benzene rings is 2. The number of phenols is 1. The van der Waals surface area contributed by atoms with Gasteiger partial charge in [0.1, 0.15) is 5.75 Å². The Hall–Kier alpha value is -2.53. The number of carbonyl (C=O) groups is 1. The first-order chi connectivity index (χ1) is 14.4. The van der Waals surface area contributed by atoms with Crippen molar-refractivity contribution in [3.63, 3.8) is 0 Å². The van der Waals surface area contributed by atoms with Gasteiger partial charge in [0.15, 0.2) is 0 Å². The summed E-state index contributed by atoms with van der Waals surface area (Å²) in [6.45, 7) is 8.17. The molecule has 0 fully saturated rings. The number of hydrogen-bond donors (Lipinski definition) is 2. The number of carbonyl (C=O) groups excluding carboxylic acids is 1. The Balaban J connectivity index is 1.72. The second-order valence-electron chi connectivity index (χ2n) is 8.04. The largest absolute Gasteiger partial charge is 0.508 e. The van der Waals surface area contributed by atoms with E-state index in [1.54, 1.807) is 12.1 Å². The maximum absolute atomic E-state index is 12.0. The van der Waals surface area contributed by atoms with Gasteiger partial charge in [-0.15, -0.1) is 0 Å². The molecule has 164 valence electrons. The molecule has 0 saturated carbocycles. The molecule has 0 saturated heterocycles. The fourth-order valence-corrected chi connectivity index (χ4v) is 3.23. The highest BCUT2D eigenvalue weighted by Crippen LogP contribution is 2.32. The molecule has 2 rings (SSSR count). The van der Waals surface area contributed by atoms with Crippen LogP contribution in [-0.4, -0.2) is 31.0 Å². The van der Waals surface area contributed by atoms with Gasteiger partial charge in [-0.2, -0.15) is 0 Å². The standard InChI is InChI=1S/C25H35NO4/c1-4-5-6-7-17-29-18-8-19-30-24(28)26-22-13-9-20(10-14-22)25(2,3)21-11-15-23(27)16-12-21/h9-16,27H,4-8,17-19H2,1-3H3,(H,26,28). The zero-order valence-electron chi connectivity index (χ0n) is 18.4. The van der Waals surface area contributed by atoms with Gasteiger partial charge in [0.05, 0.1) is 6.61 Å². The SMILES string of the molecule is CCCCCCOCCCOC(=O)Nc1ccc(C(C)(C)c2ccc(O)cc2)cc1. The van der Waals surface area contributed by atoms with Crippen LogP contribution in [0.1, 0.15) is 64.0 Å². The first kappa shape index (κ1) is 23.7. The maximum atomic E-state index is 12.0. The number of unbranched alkanes of at least 4 members (excludes halogenated alkanes) is 3. The first-order valence-corrected chi connectivity index (χ1v) is 10.8. The van der Waals surface area contributed by atoms with Crippen LogP contribution in [-0.2, 0) is 14.9 Å². The topological polar surface area (TPSA) is 67.8 Å². The lowest BCUT2D eigenvalue weighted by atomic mass is 9.78. The molecule has 30 heavy (non-hydrogen) atoms. The lowest BCUT2D eigenvalue weighted by Gasteiger charge is -2.26. The third kappa shape index (κ3) is 7.71. The van der Waals surface area contributed by atoms with Crippen LogP contribution >= 0.6 is 0 Å². The number of anilines is 1. The summed E-state index contributed by atoms with van der Waals surface area (Å²) < 4.78 is 10.8. The summed E-state index contributed by atoms with van der Waals surface area (Å²) in [6, 6.07) is 15.0. The molecule has 1 amide bonds. The van der Waals surface area contributed by atoms with E-state index in [0.29, 0.717) is 25.3 Å². The minimum Gasteiger partial charge on any atom is -0.508 e. The molecule has 2 N–H and O–H groups in total. The van der Waals surface area contributed by atoms with Gasteiger partial charge >= 0.3 is 6.09 Å². The van der Waals surface area contributed by atoms with Crippen molar-refractivity contribution in [2.75, 3.05) is 25.1 Å². The van der Waals surface area contributed by atoms with Crippen molar-refractivity contribution in [3.8, 4) is 5.75 Å². The van der Waals surface area contributed by atoms with Crippen LogP contribution < -0.4 is 5.32 Å². The van der Waals surface area contributed by atoms with E-state index in [1.807, 2.05) is 36.4 Å². The van der Waals surface area contributed by atoms with Crippen LogP contribution in [0.5, 0.6) is 5.75 Å². The Labute approximate surface area is 180 Å². The Morgan fingerprint density at radius 3 is 2.10 bits per heavy atom. The van der Waals surface area contributed by atoms with Crippen LogP contribution in [0.4, 0.5) is 10.5 Å². The average Bonchev–Trinajstić information content (AvgIpc) is 2.73. The second kappa shape index (κ2) is 12.2. The van der Waals surface area contributed by atoms with Gasteiger partial charge in [0.25, 0.3) is 0 Å². The third-order valence-electron chi connectivity index (χ3n) is 5.25. The molecule has 0 bridgehead atoms. The molecule has 0 aliphatic heterocycles. The Morgan fingerprint density at radius 1 is 0.867 bits per heavy atom. The maximum Gasteiger partial charge on any atom is 0.411 e. The lowest BCUT2D eigenvalue weighted by molar-refractivity contribution is 0.103. The van der Waals surface area contributed by atoms with E-state index in [2.05, 4.69) is 26.1 Å². The van der Waals surface area contributed by atoms with Crippen molar-refractivity contribution < 1.29 is 19.4 Å². The fraction of sp³-hybridized carbons (Fsp3) is 0.480. The van der Waals surface area contributed by atoms with Crippen LogP contribution in [0.2, 0.25) is 0 Å². The number of amides is 1. The van der Waals surface area contributed by atoms with Crippen molar-refractivity contribution in [2.24, 2.45) is 0 Å². The Bertz CT molecular complexity index is 754. The molecular formula is C25H35NO4. The van der Waals surface area contributed by atoms with E-state index in [9.17, 15) is 9.90 Å². The fourth-order valence-electron chi connectivity index (χ4n) is 3.23. The predicted octanol–water partition coefficient (Wildman–Crippen LogP) is 6.25. The highest BCUT2D eigenvalue weighted by molar-refractivity contribution is 5.84. The monoisotopic (exact) mass is 413 g/mol. The molecule has 5 heteroatoms. The number of hydrogen-bond acceptors (Lipinski definition) is 4. The van der Waals surface area contributed by atoms with Crippen molar-refractivity contribution in [2.45, 2.75) is 58.3 Å². The molecule has 0 aliphatic carbocycles. The third-order valence-corrected chi connectivity index (χ3v) is 5.25. The molecule has 0 atom stereocenters. The van der Waals surface area contributed by atoms with Crippen LogP contribution in [0.25, 0.3) is 0 Å². The molecular weight excluding hydrogens is 378 g/mol. The van der Waals surface area contributed by atoms with E-state index in [-0.39, 0.29) is 11.2 Å². The van der Waals surface area contributed by atoms with Crippen molar-refractivity contribution in [1.29, 1.82) is 0 Å². The summed E-state index contributed by atoms with van der Waals surface area (Å²) in [7, 11) is 0. The minimum atomic E-state index is -0.455. The van der Waals surface area contributed by atoms with Crippen molar-refractivity contribution >= 4 is 11.8 Å². The second-order valence-corrected chi connectivity index (χ2v) is 8.04. The Morgan fingerprint density at radius 2 is 1.47 bits per heavy atom. The number of aromatic hydroxyl groups is 1. The molecule has 0 aromatic heterocycles. The minimum absolute atomic E-state index is 0.219. The molecule has 5 nitrogen and oxygen atoms in total. The Kier molecular flexibility index (Phi) is 9.68. The molecule has 2 aromatic carbocycles. The highest BCUT2D eigenvalue weighted by Gasteiger charge is 2.23. The van der Waals surface area contributed by atoms with Gasteiger partial charge in [0, 0.05) is 30.7 Å². The first-order valence-electron chi connectivity index (χ1n) is 10.8. The summed E-state index contributed by atoms with van der Waals surface area (Å²) in [4.78, 5) is 12.0. The summed E-state index contributed by atoms with van der Waals surface area (Å²) in [6.07, 6.45) is 5.02. The van der Waals surface area contributed by atoms with Crippen molar-refractivity contribution in [3.05, 3.63) is 59.7 Å². The van der Waals surface area contributed by atoms with E-state index in [1.165, 1.54) is 19.3 Å². The normalized spacial score (nSPS) is 11.3. The summed E-state index contributed by atoms with van der Waals surface area (Å²) >= 11 is 0. The lowest BCUT2D eigenvalue weighted by Crippen LogP contribution is -2.19. The van der Waals surface area contributed by atoms with Crippen LogP contribution in [0.15, 0.2) is 48.5 Å². The van der Waals surface area contributed by atoms with Gasteiger partial charge in [-0.3, -0.25) is 5.32 Å². The molecule has 0 unspecified atom stereocenters. The summed E-state index contributed by atoms with van der Waals surface area (Å²) in [5.41, 5.74) is 2.69. The molecule has 2 aromatic rings. The zero-order valence-corrected chi connectivity index (χ0v) is 18.4. The highest BCUT2D eigenvalue weighted by atomic mass is 16.5. The average molecular weight is 414 g/mol. The van der Waals surface area contributed by atoms with Crippen molar-refractivity contribution in [1.82, 2.24) is 0 Å². The molecule has 0 spiro atoms. The van der Waals surface area contributed by atoms with Crippen LogP contribution in [0.3, 0.4) is 0 Å². The molecule has 0 radical (unpaired) electrons. The zero-order chi connectivity index (χ0) is 21.8. The van der Waals surface area contributed by atoms with E-state index in [4.69, 9.17) is 9.47 Å². The summed E-state index contributed by atoms with van der Waals surface area (Å²) in [5, 5.41) is 12.3. The van der Waals surface area contributed by atoms with E-state index in [0.717, 1.165) is 24.2 Å². The number of ether oxygens (including phenoxy) is 2. The van der Waals surface area contributed by atoms with Gasteiger partial charge in [0.2, 0.25) is 0 Å². The number of rotatable bonds is 12. The predicted molar refractivity (Wildman–Crippen MR) is 121 cm³/mol. The quantitative estimate of drug-likeness (QED) is 0.403. The van der Waals surface area contributed by atoms with Crippen LogP contribution in [0, 0.1) is 0 Å². The number of phenolic OH excluding ortho intramolecular Hbond substituents is 1. The summed E-state index contributed by atoms with van der Waals surface area (Å²) in [5.74, 6) is 0.256. The smallest absolute Gasteiger partial charge is 0.411 e. The van der Waals surface area contributed by atoms with Gasteiger partial charge in [-0.05, 0) is 41.8 Å². The number of nitrogens with one attached hydrogen (secondary N) is 1. The van der Waals surface area contributed by atoms with Gasteiger partial charge in [-0.1, -0.05) is 64.3 Å². The van der Waals surface area contributed by atoms with E-state index < -0.39 is 6.09 Å². The van der Waals surface area contributed by atoms with Gasteiger partial charge in [-0.25, -0.2) is 4.79 Å².